The summed E-state index contributed by atoms with van der Waals surface area (Å²) in [5.41, 5.74) is 8.80. The maximum atomic E-state index is 7.61. The van der Waals surface area contributed by atoms with Crippen LogP contribution in [0.25, 0.3) is 0 Å². The summed E-state index contributed by atoms with van der Waals surface area (Å²) in [5.74, 6) is 0. The van der Waals surface area contributed by atoms with E-state index in [9.17, 15) is 0 Å². The van der Waals surface area contributed by atoms with Gasteiger partial charge in [-0.15, -0.1) is 0 Å². The van der Waals surface area contributed by atoms with E-state index in [0.717, 1.165) is 0 Å². The Morgan fingerprint density at radius 1 is 1.08 bits per heavy atom. The van der Waals surface area contributed by atoms with Crippen molar-refractivity contribution in [1.82, 2.24) is 0 Å². The van der Waals surface area contributed by atoms with Gasteiger partial charge < -0.3 is 31.9 Å². The second kappa shape index (κ2) is 12.9. The van der Waals surface area contributed by atoms with E-state index >= 15 is 0 Å². The van der Waals surface area contributed by atoms with Crippen LogP contribution in [0, 0.1) is 0 Å². The molecule has 8 N–H and O–H groups in total. The average Bonchev–Trinajstić information content (AvgIpc) is 1.54. The van der Waals surface area contributed by atoms with Crippen molar-refractivity contribution < 1.29 is 20.4 Å². The van der Waals surface area contributed by atoms with Crippen LogP contribution in [0.5, 0.6) is 0 Å². The van der Waals surface area contributed by atoms with E-state index < -0.39 is 16.6 Å². The first kappa shape index (κ1) is 17.4. The number of nitrogens with two attached hydrogens (primary N) is 2. The molecule has 0 saturated heterocycles. The van der Waals surface area contributed by atoms with Crippen molar-refractivity contribution in [2.75, 3.05) is 0 Å². The number of hydrogen-bond donors (Lipinski definition) is 6. The molecule has 0 unspecified atom stereocenters. The Hall–Kier alpha value is -0.700. The molecular formula is C4H12N2O4S2. The predicted octanol–water partition coefficient (Wildman–Crippen LogP) is -1.11. The maximum Gasteiger partial charge on any atom is 0.251 e. The van der Waals surface area contributed by atoms with E-state index in [0.29, 0.717) is 0 Å². The molecule has 0 aliphatic rings. The Balaban J connectivity index is -0.000000101. The molecule has 6 nitrogen and oxygen atoms in total. The number of aliphatic hydroxyl groups excluding tert-OH is 3. The minimum atomic E-state index is -1.17. The first-order valence-corrected chi connectivity index (χ1v) is 3.34. The highest BCUT2D eigenvalue weighted by atomic mass is 32.1. The molecule has 0 radical (unpaired) electrons. The minimum Gasteiger partial charge on any atom is -0.487 e. The summed E-state index contributed by atoms with van der Waals surface area (Å²) in [6.45, 7) is 1.28. The lowest BCUT2D eigenvalue weighted by atomic mass is 10.8. The Morgan fingerprint density at radius 2 is 1.08 bits per heavy atom. The molecule has 0 aliphatic carbocycles. The predicted molar refractivity (Wildman–Crippen MR) is 52.7 cm³/mol. The normalized spacial score (nSPS) is 7.00. The van der Waals surface area contributed by atoms with Crippen LogP contribution in [0.3, 0.4) is 0 Å². The van der Waals surface area contributed by atoms with Crippen LogP contribution >= 0.6 is 24.4 Å². The van der Waals surface area contributed by atoms with Gasteiger partial charge in [-0.2, -0.15) is 0 Å². The van der Waals surface area contributed by atoms with Gasteiger partial charge in [0.25, 0.3) is 10.3 Å². The highest BCUT2D eigenvalue weighted by molar-refractivity contribution is 7.80. The van der Waals surface area contributed by atoms with Crippen molar-refractivity contribution in [3.05, 3.63) is 0 Å². The fourth-order valence-electron chi connectivity index (χ4n) is 0. The van der Waals surface area contributed by atoms with Crippen molar-refractivity contribution in [2.45, 2.75) is 13.2 Å². The van der Waals surface area contributed by atoms with Crippen LogP contribution < -0.4 is 11.5 Å². The number of hydrogen-bond acceptors (Lipinski definition) is 4. The Labute approximate surface area is 80.4 Å². The number of rotatable bonds is 0. The van der Waals surface area contributed by atoms with Gasteiger partial charge in [-0.25, -0.2) is 0 Å². The SMILES string of the molecule is CC(O)O.NC(O)=S.NC(O)=S. The van der Waals surface area contributed by atoms with Crippen molar-refractivity contribution in [3.8, 4) is 0 Å². The van der Waals surface area contributed by atoms with Crippen LogP contribution in [-0.4, -0.2) is 37.1 Å². The standard InChI is InChI=1S/C2H6O2.2CH3NOS/c1-2(3)4;2*2-1(3)4/h2-4H,1H3;2*(H3,2,3,4). The third-order valence-electron chi connectivity index (χ3n) is 0. The summed E-state index contributed by atoms with van der Waals surface area (Å²) in [5, 5.41) is 29.4. The summed E-state index contributed by atoms with van der Waals surface area (Å²) < 4.78 is 0. The van der Waals surface area contributed by atoms with Gasteiger partial charge in [-0.05, 0) is 31.4 Å². The molecule has 0 saturated carbocycles. The van der Waals surface area contributed by atoms with Gasteiger partial charge in [0.1, 0.15) is 6.29 Å². The topological polar surface area (TPSA) is 133 Å². The monoisotopic (exact) mass is 216 g/mol. The van der Waals surface area contributed by atoms with Gasteiger partial charge in [0.2, 0.25) is 0 Å². The van der Waals surface area contributed by atoms with Crippen LogP contribution in [0.4, 0.5) is 0 Å². The second-order valence-corrected chi connectivity index (χ2v) is 2.14. The second-order valence-electron chi connectivity index (χ2n) is 1.31. The van der Waals surface area contributed by atoms with Gasteiger partial charge in [0.05, 0.1) is 0 Å². The summed E-state index contributed by atoms with van der Waals surface area (Å²) in [7, 11) is 0. The van der Waals surface area contributed by atoms with Crippen LogP contribution in [0.2, 0.25) is 0 Å². The van der Waals surface area contributed by atoms with Crippen molar-refractivity contribution >= 4 is 34.8 Å². The minimum absolute atomic E-state index is 0.500. The molecule has 0 amide bonds. The smallest absolute Gasteiger partial charge is 0.251 e. The molecule has 0 aliphatic heterocycles. The lowest BCUT2D eigenvalue weighted by Crippen LogP contribution is -2.03. The van der Waals surface area contributed by atoms with Crippen molar-refractivity contribution in [1.29, 1.82) is 0 Å². The van der Waals surface area contributed by atoms with Crippen molar-refractivity contribution in [3.63, 3.8) is 0 Å². The van der Waals surface area contributed by atoms with E-state index in [1.165, 1.54) is 6.92 Å². The Morgan fingerprint density at radius 3 is 1.08 bits per heavy atom. The third kappa shape index (κ3) is 1310. The third-order valence-corrected chi connectivity index (χ3v) is 0. The van der Waals surface area contributed by atoms with E-state index in [2.05, 4.69) is 35.9 Å². The molecule has 12 heavy (non-hydrogen) atoms. The van der Waals surface area contributed by atoms with Gasteiger partial charge in [0, 0.05) is 0 Å². The highest BCUT2D eigenvalue weighted by Gasteiger charge is 1.70. The zero-order valence-corrected chi connectivity index (χ0v) is 7.97. The molecule has 0 bridgehead atoms. The summed E-state index contributed by atoms with van der Waals surface area (Å²) in [6.07, 6.45) is -1.17. The summed E-state index contributed by atoms with van der Waals surface area (Å²) in [4.78, 5) is 0. The van der Waals surface area contributed by atoms with Crippen LogP contribution in [0.15, 0.2) is 0 Å². The van der Waals surface area contributed by atoms with E-state index in [1.807, 2.05) is 0 Å². The van der Waals surface area contributed by atoms with Crippen molar-refractivity contribution in [2.24, 2.45) is 11.5 Å². The van der Waals surface area contributed by atoms with Gasteiger partial charge in [0.15, 0.2) is 0 Å². The maximum absolute atomic E-state index is 7.61. The molecule has 0 atom stereocenters. The zero-order valence-electron chi connectivity index (χ0n) is 6.34. The quantitative estimate of drug-likeness (QED) is 0.222. The van der Waals surface area contributed by atoms with Crippen LogP contribution in [-0.2, 0) is 0 Å². The Bertz CT molecular complexity index is 107. The number of thiocarbonyl (C=S) groups is 2. The van der Waals surface area contributed by atoms with E-state index in [1.54, 1.807) is 0 Å². The highest BCUT2D eigenvalue weighted by Crippen LogP contribution is 1.57. The van der Waals surface area contributed by atoms with Crippen LogP contribution in [0.1, 0.15) is 6.92 Å². The molecule has 0 spiro atoms. The first-order valence-electron chi connectivity index (χ1n) is 2.53. The molecule has 0 rings (SSSR count). The molecule has 0 heterocycles. The fourth-order valence-corrected chi connectivity index (χ4v) is 0. The molecule has 8 heteroatoms. The number of aliphatic hydroxyl groups is 4. The zero-order chi connectivity index (χ0) is 10.7. The molecule has 0 aromatic rings. The summed E-state index contributed by atoms with van der Waals surface area (Å²) >= 11 is 7.74. The molecule has 0 fully saturated rings. The van der Waals surface area contributed by atoms with E-state index in [-0.39, 0.29) is 0 Å². The molecule has 0 aromatic carbocycles. The van der Waals surface area contributed by atoms with Gasteiger partial charge >= 0.3 is 0 Å². The molecule has 74 valence electrons. The largest absolute Gasteiger partial charge is 0.487 e. The average molecular weight is 216 g/mol. The van der Waals surface area contributed by atoms with E-state index in [4.69, 9.17) is 20.4 Å². The summed E-state index contributed by atoms with van der Waals surface area (Å²) in [6, 6.07) is 0. The lowest BCUT2D eigenvalue weighted by molar-refractivity contribution is -0.0228. The fraction of sp³-hybridized carbons (Fsp3) is 0.500. The lowest BCUT2D eigenvalue weighted by Gasteiger charge is -1.80. The van der Waals surface area contributed by atoms with Gasteiger partial charge in [-0.3, -0.25) is 0 Å². The van der Waals surface area contributed by atoms with Gasteiger partial charge in [-0.1, -0.05) is 0 Å². The molecule has 0 aromatic heterocycles. The molecular weight excluding hydrogens is 204 g/mol. The Kier molecular flexibility index (Phi) is 18.8. The first-order chi connectivity index (χ1) is 5.20.